The lowest BCUT2D eigenvalue weighted by molar-refractivity contribution is -0.275. The average molecular weight is 488 g/mol. The summed E-state index contributed by atoms with van der Waals surface area (Å²) >= 11 is 0. The van der Waals surface area contributed by atoms with Gasteiger partial charge in [0.05, 0.1) is 17.4 Å². The first-order valence-corrected chi connectivity index (χ1v) is 9.88. The monoisotopic (exact) mass is 488 g/mol. The Morgan fingerprint density at radius 3 is 2.56 bits per heavy atom. The predicted molar refractivity (Wildman–Crippen MR) is 103 cm³/mol. The minimum atomic E-state index is -5.14. The molecular formula is C21H15F7N4O2. The molecule has 180 valence electrons. The van der Waals surface area contributed by atoms with Gasteiger partial charge >= 0.3 is 12.5 Å². The van der Waals surface area contributed by atoms with Crippen molar-refractivity contribution in [3.05, 3.63) is 65.4 Å². The van der Waals surface area contributed by atoms with Crippen LogP contribution in [-0.4, -0.2) is 27.0 Å². The van der Waals surface area contributed by atoms with E-state index in [2.05, 4.69) is 20.1 Å². The number of nitrogens with zero attached hydrogens (tertiary/aromatic N) is 3. The van der Waals surface area contributed by atoms with Crippen LogP contribution in [0.15, 0.2) is 42.6 Å². The summed E-state index contributed by atoms with van der Waals surface area (Å²) in [5.41, 5.74) is -0.405. The van der Waals surface area contributed by atoms with Crippen LogP contribution in [-0.2, 0) is 12.7 Å². The Kier molecular flexibility index (Phi) is 5.96. The Morgan fingerprint density at radius 1 is 1.09 bits per heavy atom. The summed E-state index contributed by atoms with van der Waals surface area (Å²) in [5, 5.41) is 6.97. The van der Waals surface area contributed by atoms with Crippen molar-refractivity contribution in [3.8, 4) is 17.0 Å². The van der Waals surface area contributed by atoms with Gasteiger partial charge in [0, 0.05) is 23.9 Å². The molecule has 4 rings (SSSR count). The van der Waals surface area contributed by atoms with Crippen LogP contribution in [0.4, 0.5) is 30.7 Å². The molecule has 3 aromatic rings. The first kappa shape index (κ1) is 23.5. The third-order valence-electron chi connectivity index (χ3n) is 5.10. The largest absolute Gasteiger partial charge is 0.573 e. The van der Waals surface area contributed by atoms with Gasteiger partial charge in [-0.05, 0) is 49.2 Å². The summed E-state index contributed by atoms with van der Waals surface area (Å²) in [5.74, 6) is -3.21. The van der Waals surface area contributed by atoms with Gasteiger partial charge in [0.15, 0.2) is 11.6 Å². The van der Waals surface area contributed by atoms with E-state index in [1.165, 1.54) is 12.1 Å². The number of aryl methyl sites for hydroxylation is 1. The first-order chi connectivity index (χ1) is 15.9. The summed E-state index contributed by atoms with van der Waals surface area (Å²) < 4.78 is 95.1. The smallest absolute Gasteiger partial charge is 0.403 e. The van der Waals surface area contributed by atoms with E-state index >= 15 is 0 Å². The molecule has 6 nitrogen and oxygen atoms in total. The van der Waals surface area contributed by atoms with Crippen molar-refractivity contribution in [3.63, 3.8) is 0 Å². The molecular weight excluding hydrogens is 473 g/mol. The van der Waals surface area contributed by atoms with Gasteiger partial charge in [-0.25, -0.2) is 4.39 Å². The molecule has 1 amide bonds. The number of amides is 1. The van der Waals surface area contributed by atoms with Gasteiger partial charge in [-0.2, -0.15) is 18.3 Å². The molecule has 1 unspecified atom stereocenters. The van der Waals surface area contributed by atoms with E-state index in [0.29, 0.717) is 37.2 Å². The van der Waals surface area contributed by atoms with Gasteiger partial charge in [-0.1, -0.05) is 0 Å². The number of nitrogens with one attached hydrogen (secondary N) is 1. The molecule has 34 heavy (non-hydrogen) atoms. The Balaban J connectivity index is 1.57. The number of aromatic nitrogens is 3. The normalized spacial score (nSPS) is 16.1. The van der Waals surface area contributed by atoms with E-state index in [0.717, 1.165) is 18.3 Å². The van der Waals surface area contributed by atoms with E-state index in [1.807, 2.05) is 0 Å². The molecule has 1 N–H and O–H groups in total. The summed E-state index contributed by atoms with van der Waals surface area (Å²) in [7, 11) is 0. The van der Waals surface area contributed by atoms with Crippen molar-refractivity contribution < 1.29 is 40.3 Å². The fourth-order valence-corrected chi connectivity index (χ4v) is 3.61. The van der Waals surface area contributed by atoms with Crippen LogP contribution in [0.2, 0.25) is 0 Å². The second-order valence-corrected chi connectivity index (χ2v) is 7.47. The first-order valence-electron chi connectivity index (χ1n) is 9.88. The number of rotatable bonds is 4. The van der Waals surface area contributed by atoms with E-state index in [-0.39, 0.29) is 16.8 Å². The lowest BCUT2D eigenvalue weighted by Crippen LogP contribution is -2.32. The summed E-state index contributed by atoms with van der Waals surface area (Å²) in [6, 6.07) is 5.47. The van der Waals surface area contributed by atoms with E-state index < -0.39 is 41.7 Å². The van der Waals surface area contributed by atoms with Crippen LogP contribution < -0.4 is 10.1 Å². The minimum absolute atomic E-state index is 0.182. The second-order valence-electron chi connectivity index (χ2n) is 7.47. The fourth-order valence-electron chi connectivity index (χ4n) is 3.61. The number of fused-ring (bicyclic) bond motifs is 1. The maximum absolute atomic E-state index is 13.6. The van der Waals surface area contributed by atoms with Gasteiger partial charge < -0.3 is 10.1 Å². The van der Waals surface area contributed by atoms with Crippen molar-refractivity contribution in [2.24, 2.45) is 0 Å². The molecule has 0 aliphatic carbocycles. The quantitative estimate of drug-likeness (QED) is 0.509. The maximum Gasteiger partial charge on any atom is 0.573 e. The van der Waals surface area contributed by atoms with Gasteiger partial charge in [0.2, 0.25) is 0 Å². The van der Waals surface area contributed by atoms with Gasteiger partial charge in [-0.15, -0.1) is 13.2 Å². The van der Waals surface area contributed by atoms with Crippen LogP contribution in [0.5, 0.6) is 5.75 Å². The number of ether oxygens (including phenoxy) is 1. The molecule has 0 bridgehead atoms. The standard InChI is InChI=1S/C21H15F7N4O2/c22-13-4-3-12(8-17(13)34-21(26,27)28)19(33)30-14-2-1-7-32-16(14)10-15(31-32)11-5-6-29-18(9-11)20(23,24)25/h3-6,8-10,14H,1-2,7H2,(H,30,33). The number of hydrogen-bond acceptors (Lipinski definition) is 4. The van der Waals surface area contributed by atoms with Crippen molar-refractivity contribution >= 4 is 5.91 Å². The van der Waals surface area contributed by atoms with E-state index in [4.69, 9.17) is 0 Å². The molecule has 0 fully saturated rings. The third-order valence-corrected chi connectivity index (χ3v) is 5.10. The number of carbonyl (C=O) groups is 1. The number of hydrogen-bond donors (Lipinski definition) is 1. The number of halogens is 7. The van der Waals surface area contributed by atoms with Crippen LogP contribution in [0, 0.1) is 5.82 Å². The molecule has 1 atom stereocenters. The fraction of sp³-hybridized carbons (Fsp3) is 0.286. The Labute approximate surface area is 187 Å². The van der Waals surface area contributed by atoms with Crippen LogP contribution in [0.1, 0.15) is 40.6 Å². The highest BCUT2D eigenvalue weighted by Gasteiger charge is 2.34. The predicted octanol–water partition coefficient (Wildman–Crippen LogP) is 5.27. The zero-order valence-corrected chi connectivity index (χ0v) is 17.0. The SMILES string of the molecule is O=C(NC1CCCn2nc(-c3ccnc(C(F)(F)F)c3)cc21)c1ccc(F)c(OC(F)(F)F)c1. The molecule has 2 aromatic heterocycles. The zero-order valence-electron chi connectivity index (χ0n) is 17.0. The number of benzene rings is 1. The highest BCUT2D eigenvalue weighted by Crippen LogP contribution is 2.33. The molecule has 3 heterocycles. The maximum atomic E-state index is 13.6. The molecule has 1 aliphatic heterocycles. The van der Waals surface area contributed by atoms with Crippen molar-refractivity contribution in [1.82, 2.24) is 20.1 Å². The molecule has 0 saturated heterocycles. The third kappa shape index (κ3) is 5.13. The van der Waals surface area contributed by atoms with Crippen LogP contribution in [0.3, 0.4) is 0 Å². The van der Waals surface area contributed by atoms with Crippen LogP contribution >= 0.6 is 0 Å². The van der Waals surface area contributed by atoms with Crippen LogP contribution in [0.25, 0.3) is 11.3 Å². The summed E-state index contributed by atoms with van der Waals surface area (Å²) in [4.78, 5) is 16.0. The Hall–Kier alpha value is -3.64. The molecule has 0 saturated carbocycles. The van der Waals surface area contributed by atoms with Crippen molar-refractivity contribution in [2.45, 2.75) is 38.0 Å². The number of pyridine rings is 1. The lowest BCUT2D eigenvalue weighted by atomic mass is 10.0. The van der Waals surface area contributed by atoms with Gasteiger partial charge in [-0.3, -0.25) is 14.5 Å². The van der Waals surface area contributed by atoms with E-state index in [1.54, 1.807) is 4.68 Å². The number of carbonyl (C=O) groups excluding carboxylic acids is 1. The average Bonchev–Trinajstić information content (AvgIpc) is 3.19. The van der Waals surface area contributed by atoms with Crippen molar-refractivity contribution in [1.29, 1.82) is 0 Å². The number of alkyl halides is 6. The Morgan fingerprint density at radius 2 is 1.85 bits per heavy atom. The lowest BCUT2D eigenvalue weighted by Gasteiger charge is -2.24. The molecule has 0 radical (unpaired) electrons. The van der Waals surface area contributed by atoms with E-state index in [9.17, 15) is 35.5 Å². The second kappa shape index (κ2) is 8.61. The molecule has 1 aromatic carbocycles. The highest BCUT2D eigenvalue weighted by molar-refractivity contribution is 5.94. The molecule has 0 spiro atoms. The minimum Gasteiger partial charge on any atom is -0.403 e. The Bertz CT molecular complexity index is 1220. The van der Waals surface area contributed by atoms with Crippen molar-refractivity contribution in [2.75, 3.05) is 0 Å². The molecule has 13 heteroatoms. The highest BCUT2D eigenvalue weighted by atomic mass is 19.4. The molecule has 1 aliphatic rings. The van der Waals surface area contributed by atoms with Gasteiger partial charge in [0.1, 0.15) is 5.69 Å². The zero-order chi connectivity index (χ0) is 24.7. The summed E-state index contributed by atoms with van der Waals surface area (Å²) in [6.45, 7) is 0.457. The topological polar surface area (TPSA) is 69.0 Å². The van der Waals surface area contributed by atoms with Gasteiger partial charge in [0.25, 0.3) is 5.91 Å². The summed E-state index contributed by atoms with van der Waals surface area (Å²) in [6.07, 6.45) is -7.72.